The highest BCUT2D eigenvalue weighted by Gasteiger charge is 2.47. The van der Waals surface area contributed by atoms with Crippen molar-refractivity contribution >= 4 is 34.4 Å². The molecular weight excluding hydrogens is 401 g/mol. The maximum atomic E-state index is 8.89. The predicted octanol–water partition coefficient (Wildman–Crippen LogP) is 2.52. The van der Waals surface area contributed by atoms with Crippen LogP contribution in [0.3, 0.4) is 0 Å². The molecule has 0 spiro atoms. The number of aliphatic carboxylic acids is 1. The molecule has 0 saturated carbocycles. The van der Waals surface area contributed by atoms with Crippen LogP contribution in [0, 0.1) is 0 Å². The van der Waals surface area contributed by atoms with Gasteiger partial charge in [-0.3, -0.25) is 0 Å². The Hall–Kier alpha value is -3.26. The van der Waals surface area contributed by atoms with Crippen LogP contribution in [0.2, 0.25) is 0 Å². The van der Waals surface area contributed by atoms with E-state index in [0.717, 1.165) is 12.5 Å². The SMILES string of the molecule is CC(=O)[O-].NCc1ccc([P+](c2ccccc2)(c2ccccc2)c2ccccc2)cc1. The summed E-state index contributed by atoms with van der Waals surface area (Å²) in [5, 5.41) is 14.3. The molecule has 4 aromatic carbocycles. The average molecular weight is 427 g/mol. The van der Waals surface area contributed by atoms with E-state index in [1.807, 2.05) is 0 Å². The Morgan fingerprint density at radius 1 is 0.645 bits per heavy atom. The van der Waals surface area contributed by atoms with Crippen LogP contribution in [-0.2, 0) is 11.3 Å². The lowest BCUT2D eigenvalue weighted by Crippen LogP contribution is -2.38. The van der Waals surface area contributed by atoms with Crippen molar-refractivity contribution in [2.24, 2.45) is 5.73 Å². The number of rotatable bonds is 5. The molecule has 0 aliphatic carbocycles. The highest BCUT2D eigenvalue weighted by atomic mass is 31.2. The summed E-state index contributed by atoms with van der Waals surface area (Å²) >= 11 is 0. The van der Waals surface area contributed by atoms with Crippen molar-refractivity contribution in [2.45, 2.75) is 13.5 Å². The monoisotopic (exact) mass is 427 g/mol. The molecule has 31 heavy (non-hydrogen) atoms. The van der Waals surface area contributed by atoms with Gasteiger partial charge in [0.15, 0.2) is 0 Å². The summed E-state index contributed by atoms with van der Waals surface area (Å²) in [5.41, 5.74) is 7.01. The molecule has 0 atom stereocenters. The van der Waals surface area contributed by atoms with Gasteiger partial charge in [-0.25, -0.2) is 0 Å². The van der Waals surface area contributed by atoms with Gasteiger partial charge in [0.25, 0.3) is 0 Å². The molecule has 0 aliphatic heterocycles. The summed E-state index contributed by atoms with van der Waals surface area (Å²) in [6.07, 6.45) is 0. The van der Waals surface area contributed by atoms with Crippen LogP contribution in [0.15, 0.2) is 115 Å². The van der Waals surface area contributed by atoms with Crippen molar-refractivity contribution in [1.29, 1.82) is 0 Å². The summed E-state index contributed by atoms with van der Waals surface area (Å²) in [7, 11) is -1.98. The molecule has 2 N–H and O–H groups in total. The predicted molar refractivity (Wildman–Crippen MR) is 130 cm³/mol. The normalized spacial score (nSPS) is 10.6. The van der Waals surface area contributed by atoms with E-state index in [-0.39, 0.29) is 0 Å². The molecule has 0 aromatic heterocycles. The van der Waals surface area contributed by atoms with E-state index < -0.39 is 13.2 Å². The first-order valence-corrected chi connectivity index (χ1v) is 11.9. The van der Waals surface area contributed by atoms with Gasteiger partial charge in [0.05, 0.1) is 0 Å². The van der Waals surface area contributed by atoms with Crippen molar-refractivity contribution in [1.82, 2.24) is 0 Å². The third-order valence-electron chi connectivity index (χ3n) is 4.99. The van der Waals surface area contributed by atoms with E-state index in [9.17, 15) is 0 Å². The van der Waals surface area contributed by atoms with E-state index >= 15 is 0 Å². The minimum Gasteiger partial charge on any atom is -0.550 e. The van der Waals surface area contributed by atoms with Crippen LogP contribution in [0.4, 0.5) is 0 Å². The van der Waals surface area contributed by atoms with E-state index in [0.29, 0.717) is 6.54 Å². The van der Waals surface area contributed by atoms with Gasteiger partial charge in [-0.05, 0) is 61.0 Å². The van der Waals surface area contributed by atoms with Gasteiger partial charge in [-0.15, -0.1) is 0 Å². The number of carbonyl (C=O) groups excluding carboxylic acids is 1. The van der Waals surface area contributed by atoms with Crippen LogP contribution in [0.25, 0.3) is 0 Å². The Morgan fingerprint density at radius 2 is 0.935 bits per heavy atom. The molecule has 156 valence electrons. The number of carboxylic acids is 1. The molecule has 0 bridgehead atoms. The second-order valence-corrected chi connectivity index (χ2v) is 10.4. The van der Waals surface area contributed by atoms with Gasteiger partial charge >= 0.3 is 0 Å². The molecule has 3 nitrogen and oxygen atoms in total. The summed E-state index contributed by atoms with van der Waals surface area (Å²) in [5.74, 6) is -1.08. The van der Waals surface area contributed by atoms with Gasteiger partial charge in [-0.2, -0.15) is 0 Å². The number of hydrogen-bond acceptors (Lipinski definition) is 3. The summed E-state index contributed by atoms with van der Waals surface area (Å²) in [4.78, 5) is 8.89. The maximum Gasteiger partial charge on any atom is 0.144 e. The van der Waals surface area contributed by atoms with Crippen molar-refractivity contribution < 1.29 is 9.90 Å². The van der Waals surface area contributed by atoms with Crippen molar-refractivity contribution in [3.8, 4) is 0 Å². The Kier molecular flexibility index (Phi) is 7.72. The highest BCUT2D eigenvalue weighted by Crippen LogP contribution is 2.54. The Morgan fingerprint density at radius 3 is 1.23 bits per heavy atom. The third-order valence-corrected chi connectivity index (χ3v) is 9.28. The van der Waals surface area contributed by atoms with Gasteiger partial charge in [0.2, 0.25) is 0 Å². The van der Waals surface area contributed by atoms with Crippen molar-refractivity contribution in [3.05, 3.63) is 121 Å². The van der Waals surface area contributed by atoms with Crippen LogP contribution in [0.1, 0.15) is 12.5 Å². The minimum absolute atomic E-state index is 0.563. The smallest absolute Gasteiger partial charge is 0.144 e. The summed E-state index contributed by atoms with van der Waals surface area (Å²) in [6.45, 7) is 1.54. The Balaban J connectivity index is 0.000000628. The lowest BCUT2D eigenvalue weighted by molar-refractivity contribution is -0.302. The van der Waals surface area contributed by atoms with Crippen LogP contribution in [0.5, 0.6) is 0 Å². The standard InChI is InChI=1S/C25H23NP.C2H4O2/c26-20-21-16-18-25(19-17-21)27(22-10-4-1-5-11-22,23-12-6-2-7-13-23)24-14-8-3-9-15-24;1-2(3)4/h1-19H,20,26H2;1H3,(H,3,4)/q+1;/p-1. The van der Waals surface area contributed by atoms with Gasteiger partial charge in [0.1, 0.15) is 28.5 Å². The fraction of sp³-hybridized carbons (Fsp3) is 0.0741. The second kappa shape index (κ2) is 10.7. The Bertz CT molecular complexity index is 982. The first-order valence-electron chi connectivity index (χ1n) is 10.1. The topological polar surface area (TPSA) is 66.1 Å². The van der Waals surface area contributed by atoms with Crippen molar-refractivity contribution in [2.75, 3.05) is 0 Å². The number of carbonyl (C=O) groups is 1. The summed E-state index contributed by atoms with van der Waals surface area (Å²) < 4.78 is 0. The molecule has 0 saturated heterocycles. The zero-order valence-electron chi connectivity index (χ0n) is 17.5. The number of benzene rings is 4. The molecule has 0 radical (unpaired) electrons. The average Bonchev–Trinajstić information content (AvgIpc) is 2.82. The zero-order chi connectivity index (χ0) is 22.1. The first-order chi connectivity index (χ1) is 15.1. The fourth-order valence-corrected chi connectivity index (χ4v) is 7.95. The number of carboxylic acid groups (broad SMARTS) is 1. The van der Waals surface area contributed by atoms with Gasteiger partial charge in [0, 0.05) is 12.5 Å². The van der Waals surface area contributed by atoms with Crippen LogP contribution in [-0.4, -0.2) is 5.97 Å². The van der Waals surface area contributed by atoms with Gasteiger partial charge < -0.3 is 15.6 Å². The maximum absolute atomic E-state index is 8.89. The Labute approximate surface area is 184 Å². The molecular formula is C27H26NO2P. The molecule has 4 rings (SSSR count). The molecule has 0 amide bonds. The van der Waals surface area contributed by atoms with E-state index in [2.05, 4.69) is 115 Å². The van der Waals surface area contributed by atoms with Crippen LogP contribution >= 0.6 is 7.26 Å². The molecule has 0 aliphatic rings. The lowest BCUT2D eigenvalue weighted by atomic mass is 10.2. The molecule has 0 fully saturated rings. The summed E-state index contributed by atoms with van der Waals surface area (Å²) in [6, 6.07) is 41.6. The van der Waals surface area contributed by atoms with E-state index in [1.54, 1.807) is 0 Å². The first kappa shape index (κ1) is 22.4. The highest BCUT2D eigenvalue weighted by molar-refractivity contribution is 8.01. The zero-order valence-corrected chi connectivity index (χ0v) is 18.4. The fourth-order valence-electron chi connectivity index (χ4n) is 3.70. The molecule has 4 heteroatoms. The molecule has 0 heterocycles. The van der Waals surface area contributed by atoms with Crippen molar-refractivity contribution in [3.63, 3.8) is 0 Å². The van der Waals surface area contributed by atoms with Gasteiger partial charge in [-0.1, -0.05) is 66.7 Å². The van der Waals surface area contributed by atoms with Crippen LogP contribution < -0.4 is 32.1 Å². The van der Waals surface area contributed by atoms with E-state index in [4.69, 9.17) is 15.6 Å². The largest absolute Gasteiger partial charge is 0.550 e. The number of nitrogens with two attached hydrogens (primary N) is 1. The van der Waals surface area contributed by atoms with E-state index in [1.165, 1.54) is 21.2 Å². The third kappa shape index (κ3) is 5.08. The number of hydrogen-bond donors (Lipinski definition) is 1. The minimum atomic E-state index is -1.98. The second-order valence-electron chi connectivity index (χ2n) is 7.04. The quantitative estimate of drug-likeness (QED) is 0.498. The molecule has 4 aromatic rings. The lowest BCUT2D eigenvalue weighted by Gasteiger charge is -2.27. The molecule has 0 unspecified atom stereocenters.